The first kappa shape index (κ1) is 16.1. The Morgan fingerprint density at radius 1 is 1.14 bits per heavy atom. The fraction of sp³-hybridized carbons (Fsp3) is 0.647. The van der Waals surface area contributed by atoms with Crippen LogP contribution in [0.15, 0.2) is 18.2 Å². The quantitative estimate of drug-likeness (QED) is 0.874. The minimum Gasteiger partial charge on any atom is -0.490 e. The first-order valence-corrected chi connectivity index (χ1v) is 7.86. The highest BCUT2D eigenvalue weighted by atomic mass is 16.5. The van der Waals surface area contributed by atoms with E-state index in [0.717, 1.165) is 44.1 Å². The molecule has 0 saturated carbocycles. The summed E-state index contributed by atoms with van der Waals surface area (Å²) in [6.07, 6.45) is 2.08. The zero-order chi connectivity index (χ0) is 15.2. The summed E-state index contributed by atoms with van der Waals surface area (Å²) in [6.45, 7) is 7.01. The van der Waals surface area contributed by atoms with Gasteiger partial charge in [-0.3, -0.25) is 0 Å². The van der Waals surface area contributed by atoms with Gasteiger partial charge in [0, 0.05) is 18.5 Å². The Labute approximate surface area is 128 Å². The second-order valence-electron chi connectivity index (χ2n) is 6.14. The topological polar surface area (TPSA) is 33.7 Å². The maximum absolute atomic E-state index is 5.76. The standard InChI is InChI=1S/C17H28N2O2/c1-13(8-9-19(3)4)18-14(2)15-6-7-16-17(12-15)21-11-5-10-20-16/h6-7,12-14,18H,5,8-11H2,1-4H3. The normalized spacial score (nSPS) is 17.4. The highest BCUT2D eigenvalue weighted by molar-refractivity contribution is 5.44. The first-order chi connectivity index (χ1) is 10.1. The monoisotopic (exact) mass is 292 g/mol. The maximum Gasteiger partial charge on any atom is 0.161 e. The summed E-state index contributed by atoms with van der Waals surface area (Å²) in [5.41, 5.74) is 1.25. The summed E-state index contributed by atoms with van der Waals surface area (Å²) in [5, 5.41) is 3.65. The largest absolute Gasteiger partial charge is 0.490 e. The van der Waals surface area contributed by atoms with E-state index in [-0.39, 0.29) is 0 Å². The molecule has 2 atom stereocenters. The third kappa shape index (κ3) is 4.90. The Bertz CT molecular complexity index is 448. The number of hydrogen-bond donors (Lipinski definition) is 1. The molecule has 2 unspecified atom stereocenters. The Morgan fingerprint density at radius 2 is 1.86 bits per heavy atom. The lowest BCUT2D eigenvalue weighted by atomic mass is 10.1. The molecule has 0 aromatic heterocycles. The fourth-order valence-electron chi connectivity index (χ4n) is 2.51. The van der Waals surface area contributed by atoms with Gasteiger partial charge < -0.3 is 19.7 Å². The first-order valence-electron chi connectivity index (χ1n) is 7.86. The van der Waals surface area contributed by atoms with Gasteiger partial charge in [0.1, 0.15) is 0 Å². The van der Waals surface area contributed by atoms with Gasteiger partial charge in [-0.2, -0.15) is 0 Å². The van der Waals surface area contributed by atoms with Crippen molar-refractivity contribution in [2.45, 2.75) is 38.8 Å². The Hall–Kier alpha value is -1.26. The molecule has 0 fully saturated rings. The molecule has 1 N–H and O–H groups in total. The molecule has 4 heteroatoms. The molecule has 1 aliphatic rings. The number of benzene rings is 1. The molecule has 0 bridgehead atoms. The minimum absolute atomic E-state index is 0.305. The Morgan fingerprint density at radius 3 is 2.57 bits per heavy atom. The van der Waals surface area contributed by atoms with Crippen LogP contribution in [0.1, 0.15) is 38.3 Å². The van der Waals surface area contributed by atoms with E-state index < -0.39 is 0 Å². The second kappa shape index (κ2) is 7.66. The molecule has 0 radical (unpaired) electrons. The summed E-state index contributed by atoms with van der Waals surface area (Å²) in [6, 6.07) is 7.05. The molecular weight excluding hydrogens is 264 g/mol. The van der Waals surface area contributed by atoms with Gasteiger partial charge in [0.2, 0.25) is 0 Å². The zero-order valence-electron chi connectivity index (χ0n) is 13.7. The van der Waals surface area contributed by atoms with Crippen molar-refractivity contribution >= 4 is 0 Å². The SMILES string of the molecule is CC(CCN(C)C)NC(C)c1ccc2c(c1)OCCCO2. The van der Waals surface area contributed by atoms with Crippen LogP contribution in [0.4, 0.5) is 0 Å². The van der Waals surface area contributed by atoms with Crippen molar-refractivity contribution in [1.82, 2.24) is 10.2 Å². The zero-order valence-corrected chi connectivity index (χ0v) is 13.7. The van der Waals surface area contributed by atoms with Crippen LogP contribution in [0.5, 0.6) is 11.5 Å². The van der Waals surface area contributed by atoms with Crippen LogP contribution >= 0.6 is 0 Å². The molecule has 1 aromatic carbocycles. The van der Waals surface area contributed by atoms with Crippen LogP contribution in [0.25, 0.3) is 0 Å². The van der Waals surface area contributed by atoms with Crippen molar-refractivity contribution in [2.24, 2.45) is 0 Å². The molecule has 2 rings (SSSR count). The van der Waals surface area contributed by atoms with Crippen molar-refractivity contribution in [2.75, 3.05) is 33.9 Å². The summed E-state index contributed by atoms with van der Waals surface area (Å²) in [7, 11) is 4.22. The van der Waals surface area contributed by atoms with Crippen LogP contribution in [-0.2, 0) is 0 Å². The van der Waals surface area contributed by atoms with Crippen LogP contribution in [0.2, 0.25) is 0 Å². The molecule has 1 heterocycles. The summed E-state index contributed by atoms with van der Waals surface area (Å²) in [4.78, 5) is 2.22. The molecule has 118 valence electrons. The van der Waals surface area contributed by atoms with Gasteiger partial charge in [-0.25, -0.2) is 0 Å². The van der Waals surface area contributed by atoms with Gasteiger partial charge in [0.15, 0.2) is 11.5 Å². The van der Waals surface area contributed by atoms with Crippen LogP contribution in [-0.4, -0.2) is 44.8 Å². The van der Waals surface area contributed by atoms with Gasteiger partial charge in [0.25, 0.3) is 0 Å². The average Bonchev–Trinajstić information content (AvgIpc) is 2.69. The number of nitrogens with one attached hydrogen (secondary N) is 1. The number of rotatable bonds is 6. The molecule has 0 saturated heterocycles. The third-order valence-corrected chi connectivity index (χ3v) is 3.82. The summed E-state index contributed by atoms with van der Waals surface area (Å²) >= 11 is 0. The molecular formula is C17H28N2O2. The number of ether oxygens (including phenoxy) is 2. The molecule has 21 heavy (non-hydrogen) atoms. The third-order valence-electron chi connectivity index (χ3n) is 3.82. The highest BCUT2D eigenvalue weighted by Gasteiger charge is 2.15. The smallest absolute Gasteiger partial charge is 0.161 e. The second-order valence-corrected chi connectivity index (χ2v) is 6.14. The number of fused-ring (bicyclic) bond motifs is 1. The predicted octanol–water partition coefficient (Wildman–Crippen LogP) is 2.84. The molecule has 1 aromatic rings. The van der Waals surface area contributed by atoms with Gasteiger partial charge in [-0.05, 0) is 58.6 Å². The Kier molecular flexibility index (Phi) is 5.88. The van der Waals surface area contributed by atoms with Gasteiger partial charge in [0.05, 0.1) is 13.2 Å². The molecule has 0 amide bonds. The van der Waals surface area contributed by atoms with Crippen LogP contribution < -0.4 is 14.8 Å². The van der Waals surface area contributed by atoms with Crippen molar-refractivity contribution in [1.29, 1.82) is 0 Å². The van der Waals surface area contributed by atoms with Crippen LogP contribution in [0.3, 0.4) is 0 Å². The lowest BCUT2D eigenvalue weighted by molar-refractivity contribution is 0.297. The van der Waals surface area contributed by atoms with E-state index in [1.54, 1.807) is 0 Å². The predicted molar refractivity (Wildman–Crippen MR) is 86.2 cm³/mol. The maximum atomic E-state index is 5.76. The van der Waals surface area contributed by atoms with E-state index in [0.29, 0.717) is 12.1 Å². The molecule has 0 aliphatic carbocycles. The average molecular weight is 292 g/mol. The van der Waals surface area contributed by atoms with Crippen molar-refractivity contribution in [3.8, 4) is 11.5 Å². The molecule has 4 nitrogen and oxygen atoms in total. The van der Waals surface area contributed by atoms with Crippen molar-refractivity contribution in [3.05, 3.63) is 23.8 Å². The Balaban J connectivity index is 1.96. The molecule has 1 aliphatic heterocycles. The van der Waals surface area contributed by atoms with E-state index >= 15 is 0 Å². The van der Waals surface area contributed by atoms with E-state index in [2.05, 4.69) is 50.3 Å². The number of nitrogens with zero attached hydrogens (tertiary/aromatic N) is 1. The summed E-state index contributed by atoms with van der Waals surface area (Å²) in [5.74, 6) is 1.74. The van der Waals surface area contributed by atoms with E-state index in [9.17, 15) is 0 Å². The fourth-order valence-corrected chi connectivity index (χ4v) is 2.51. The van der Waals surface area contributed by atoms with Crippen LogP contribution in [0, 0.1) is 0 Å². The highest BCUT2D eigenvalue weighted by Crippen LogP contribution is 2.32. The lowest BCUT2D eigenvalue weighted by Gasteiger charge is -2.22. The van der Waals surface area contributed by atoms with E-state index in [4.69, 9.17) is 9.47 Å². The minimum atomic E-state index is 0.305. The van der Waals surface area contributed by atoms with Gasteiger partial charge in [-0.1, -0.05) is 6.07 Å². The van der Waals surface area contributed by atoms with E-state index in [1.807, 2.05) is 6.07 Å². The van der Waals surface area contributed by atoms with Crippen molar-refractivity contribution in [3.63, 3.8) is 0 Å². The molecule has 0 spiro atoms. The van der Waals surface area contributed by atoms with Crippen molar-refractivity contribution < 1.29 is 9.47 Å². The summed E-state index contributed by atoms with van der Waals surface area (Å²) < 4.78 is 11.4. The van der Waals surface area contributed by atoms with E-state index in [1.165, 1.54) is 5.56 Å². The van der Waals surface area contributed by atoms with Gasteiger partial charge >= 0.3 is 0 Å². The lowest BCUT2D eigenvalue weighted by Crippen LogP contribution is -2.31. The van der Waals surface area contributed by atoms with Gasteiger partial charge in [-0.15, -0.1) is 0 Å². The number of hydrogen-bond acceptors (Lipinski definition) is 4.